The molecule has 4 heteroatoms. The fourth-order valence-electron chi connectivity index (χ4n) is 3.14. The van der Waals surface area contributed by atoms with E-state index in [9.17, 15) is 9.90 Å². The van der Waals surface area contributed by atoms with Gasteiger partial charge in [-0.1, -0.05) is 44.2 Å². The normalized spacial score (nSPS) is 18.7. The van der Waals surface area contributed by atoms with Gasteiger partial charge < -0.3 is 10.0 Å². The molecule has 1 saturated heterocycles. The summed E-state index contributed by atoms with van der Waals surface area (Å²) >= 11 is 1.83. The van der Waals surface area contributed by atoms with Gasteiger partial charge in [-0.2, -0.15) is 11.8 Å². The van der Waals surface area contributed by atoms with Crippen LogP contribution in [0.25, 0.3) is 0 Å². The highest BCUT2D eigenvalue weighted by Gasteiger charge is 2.34. The second kappa shape index (κ2) is 8.74. The molecular formula is C19H29NO2S. The first-order valence-electron chi connectivity index (χ1n) is 8.61. The predicted octanol–water partition coefficient (Wildman–Crippen LogP) is 3.57. The number of aliphatic hydroxyl groups excluding tert-OH is 1. The van der Waals surface area contributed by atoms with Crippen LogP contribution in [0.2, 0.25) is 0 Å². The van der Waals surface area contributed by atoms with Gasteiger partial charge in [0.05, 0.1) is 0 Å². The molecule has 0 aromatic heterocycles. The van der Waals surface area contributed by atoms with E-state index >= 15 is 0 Å². The van der Waals surface area contributed by atoms with Crippen LogP contribution in [0.1, 0.15) is 38.7 Å². The average molecular weight is 336 g/mol. The van der Waals surface area contributed by atoms with Gasteiger partial charge in [0.15, 0.2) is 0 Å². The number of carbonyl (C=O) groups is 1. The summed E-state index contributed by atoms with van der Waals surface area (Å²) in [5.41, 5.74) is 1.35. The number of thioether (sulfide) groups is 1. The molecular weight excluding hydrogens is 306 g/mol. The molecule has 1 aromatic rings. The smallest absolute Gasteiger partial charge is 0.226 e. The zero-order chi connectivity index (χ0) is 16.7. The van der Waals surface area contributed by atoms with Crippen LogP contribution in [-0.2, 0) is 10.5 Å². The second-order valence-corrected chi connectivity index (χ2v) is 7.77. The van der Waals surface area contributed by atoms with E-state index < -0.39 is 0 Å². The van der Waals surface area contributed by atoms with Crippen LogP contribution < -0.4 is 0 Å². The van der Waals surface area contributed by atoms with Gasteiger partial charge in [0.2, 0.25) is 5.91 Å². The number of hydrogen-bond donors (Lipinski definition) is 1. The molecule has 1 N–H and O–H groups in total. The lowest BCUT2D eigenvalue weighted by Gasteiger charge is -2.41. The van der Waals surface area contributed by atoms with Crippen molar-refractivity contribution in [2.24, 2.45) is 11.3 Å². The summed E-state index contributed by atoms with van der Waals surface area (Å²) < 4.78 is 0. The lowest BCUT2D eigenvalue weighted by molar-refractivity contribution is -0.137. The first-order chi connectivity index (χ1) is 11.1. The first kappa shape index (κ1) is 18.3. The second-order valence-electron chi connectivity index (χ2n) is 6.74. The molecule has 23 heavy (non-hydrogen) atoms. The molecule has 1 aliphatic heterocycles. The topological polar surface area (TPSA) is 40.5 Å². The molecule has 1 fully saturated rings. The number of nitrogens with zero attached hydrogens (tertiary/aromatic N) is 1. The molecule has 0 radical (unpaired) electrons. The highest BCUT2D eigenvalue weighted by atomic mass is 32.2. The fourth-order valence-corrected chi connectivity index (χ4v) is 4.18. The number of piperidine rings is 1. The maximum absolute atomic E-state index is 12.6. The van der Waals surface area contributed by atoms with Gasteiger partial charge >= 0.3 is 0 Å². The van der Waals surface area contributed by atoms with E-state index in [1.807, 2.05) is 29.7 Å². The number of hydrogen-bond acceptors (Lipinski definition) is 3. The Morgan fingerprint density at radius 2 is 1.96 bits per heavy atom. The zero-order valence-electron chi connectivity index (χ0n) is 14.3. The maximum atomic E-state index is 12.6. The number of benzene rings is 1. The molecule has 0 aliphatic carbocycles. The number of amides is 1. The molecule has 3 nitrogen and oxygen atoms in total. The van der Waals surface area contributed by atoms with E-state index in [0.717, 1.165) is 43.9 Å². The van der Waals surface area contributed by atoms with Crippen molar-refractivity contribution in [2.75, 3.05) is 25.4 Å². The summed E-state index contributed by atoms with van der Waals surface area (Å²) in [6.45, 7) is 6.00. The van der Waals surface area contributed by atoms with Gasteiger partial charge in [0.25, 0.3) is 0 Å². The molecule has 2 rings (SSSR count). The first-order valence-corrected chi connectivity index (χ1v) is 9.77. The van der Waals surface area contributed by atoms with Gasteiger partial charge in [0.1, 0.15) is 0 Å². The third kappa shape index (κ3) is 4.98. The minimum atomic E-state index is 0.0437. The lowest BCUT2D eigenvalue weighted by atomic mass is 9.77. The van der Waals surface area contributed by atoms with Gasteiger partial charge in [-0.05, 0) is 30.2 Å². The van der Waals surface area contributed by atoms with Crippen molar-refractivity contribution in [2.45, 2.75) is 38.9 Å². The van der Waals surface area contributed by atoms with Gasteiger partial charge in [-0.15, -0.1) is 0 Å². The van der Waals surface area contributed by atoms with Crippen molar-refractivity contribution < 1.29 is 9.90 Å². The van der Waals surface area contributed by atoms with Gasteiger partial charge in [0, 0.05) is 37.1 Å². The van der Waals surface area contributed by atoms with Gasteiger partial charge in [-0.25, -0.2) is 0 Å². The fraction of sp³-hybridized carbons (Fsp3) is 0.632. The van der Waals surface area contributed by atoms with Crippen molar-refractivity contribution >= 4 is 17.7 Å². The summed E-state index contributed by atoms with van der Waals surface area (Å²) in [6.07, 6.45) is 2.85. The molecule has 0 bridgehead atoms. The Labute approximate surface area is 144 Å². The van der Waals surface area contributed by atoms with Crippen LogP contribution in [0.15, 0.2) is 30.3 Å². The molecule has 0 saturated carbocycles. The Bertz CT molecular complexity index is 477. The van der Waals surface area contributed by atoms with Crippen LogP contribution in [0.4, 0.5) is 0 Å². The van der Waals surface area contributed by atoms with Crippen LogP contribution in [0, 0.1) is 11.3 Å². The largest absolute Gasteiger partial charge is 0.396 e. The van der Waals surface area contributed by atoms with Crippen molar-refractivity contribution in [3.8, 4) is 0 Å². The molecule has 1 atom stereocenters. The summed E-state index contributed by atoms with van der Waals surface area (Å²) in [4.78, 5) is 14.6. The molecule has 128 valence electrons. The monoisotopic (exact) mass is 335 g/mol. The van der Waals surface area contributed by atoms with Crippen LogP contribution >= 0.6 is 11.8 Å². The standard InChI is InChI=1S/C19H29NO2S/c1-3-19(15-21)9-11-20(12-10-19)18(22)16(2)13-23-14-17-7-5-4-6-8-17/h4-8,16,21H,3,9-15H2,1-2H3. The van der Waals surface area contributed by atoms with Crippen LogP contribution in [0.5, 0.6) is 0 Å². The molecule has 1 unspecified atom stereocenters. The Morgan fingerprint density at radius 1 is 1.30 bits per heavy atom. The van der Waals surface area contributed by atoms with E-state index in [0.29, 0.717) is 0 Å². The summed E-state index contributed by atoms with van der Waals surface area (Å²) in [5.74, 6) is 2.16. The molecule has 1 heterocycles. The lowest BCUT2D eigenvalue weighted by Crippen LogP contribution is -2.46. The van der Waals surface area contributed by atoms with Gasteiger partial charge in [-0.3, -0.25) is 4.79 Å². The highest BCUT2D eigenvalue weighted by molar-refractivity contribution is 7.98. The average Bonchev–Trinajstić information content (AvgIpc) is 2.62. The number of rotatable bonds is 7. The van der Waals surface area contributed by atoms with Crippen molar-refractivity contribution in [3.63, 3.8) is 0 Å². The Morgan fingerprint density at radius 3 is 2.52 bits per heavy atom. The van der Waals surface area contributed by atoms with E-state index in [1.165, 1.54) is 5.56 Å². The zero-order valence-corrected chi connectivity index (χ0v) is 15.1. The van der Waals surface area contributed by atoms with Crippen LogP contribution in [0.3, 0.4) is 0 Å². The Kier molecular flexibility index (Phi) is 6.97. The van der Waals surface area contributed by atoms with E-state index in [-0.39, 0.29) is 23.8 Å². The number of aliphatic hydroxyl groups is 1. The SMILES string of the molecule is CCC1(CO)CCN(C(=O)C(C)CSCc2ccccc2)CC1. The van der Waals surface area contributed by atoms with E-state index in [4.69, 9.17) is 0 Å². The third-order valence-electron chi connectivity index (χ3n) is 5.12. The van der Waals surface area contributed by atoms with E-state index in [1.54, 1.807) is 0 Å². The maximum Gasteiger partial charge on any atom is 0.226 e. The van der Waals surface area contributed by atoms with Crippen LogP contribution in [-0.4, -0.2) is 41.4 Å². The van der Waals surface area contributed by atoms with Crippen molar-refractivity contribution in [1.82, 2.24) is 4.90 Å². The molecule has 1 amide bonds. The summed E-state index contributed by atoms with van der Waals surface area (Å²) in [7, 11) is 0. The predicted molar refractivity (Wildman–Crippen MR) is 97.4 cm³/mol. The highest BCUT2D eigenvalue weighted by Crippen LogP contribution is 2.34. The van der Waals surface area contributed by atoms with Crippen molar-refractivity contribution in [1.29, 1.82) is 0 Å². The molecule has 0 spiro atoms. The number of likely N-dealkylation sites (tertiary alicyclic amines) is 1. The minimum absolute atomic E-state index is 0.0437. The van der Waals surface area contributed by atoms with Crippen molar-refractivity contribution in [3.05, 3.63) is 35.9 Å². The Hall–Kier alpha value is -1.00. The minimum Gasteiger partial charge on any atom is -0.396 e. The summed E-state index contributed by atoms with van der Waals surface area (Å²) in [6, 6.07) is 10.4. The molecule has 1 aliphatic rings. The molecule has 1 aromatic carbocycles. The quantitative estimate of drug-likeness (QED) is 0.828. The van der Waals surface area contributed by atoms with E-state index in [2.05, 4.69) is 31.2 Å². The summed E-state index contributed by atoms with van der Waals surface area (Å²) in [5, 5.41) is 9.59. The Balaban J connectivity index is 1.75. The third-order valence-corrected chi connectivity index (χ3v) is 6.40. The number of carbonyl (C=O) groups excluding carboxylic acids is 1.